The molecular weight excluding hydrogens is 218 g/mol. The summed E-state index contributed by atoms with van der Waals surface area (Å²) in [6.45, 7) is 0.866. The number of sulfonamides is 1. The lowest BCUT2D eigenvalue weighted by atomic mass is 10.3. The van der Waals surface area contributed by atoms with Crippen molar-refractivity contribution in [3.05, 3.63) is 12.3 Å². The monoisotopic (exact) mass is 231 g/mol. The summed E-state index contributed by atoms with van der Waals surface area (Å²) in [5.74, 6) is 0. The van der Waals surface area contributed by atoms with E-state index in [4.69, 9.17) is 4.84 Å². The van der Waals surface area contributed by atoms with E-state index in [2.05, 4.69) is 5.10 Å². The third-order valence-corrected chi connectivity index (χ3v) is 4.03. The van der Waals surface area contributed by atoms with E-state index in [0.29, 0.717) is 13.2 Å². The molecule has 0 aromatic carbocycles. The molecule has 0 aliphatic carbocycles. The van der Waals surface area contributed by atoms with Crippen molar-refractivity contribution in [1.29, 1.82) is 0 Å². The lowest BCUT2D eigenvalue weighted by Gasteiger charge is -2.24. The zero-order valence-electron chi connectivity index (χ0n) is 8.46. The first-order valence-electron chi connectivity index (χ1n) is 4.76. The van der Waals surface area contributed by atoms with E-state index in [1.54, 1.807) is 7.05 Å². The van der Waals surface area contributed by atoms with Crippen LogP contribution in [0.5, 0.6) is 0 Å². The Hall–Kier alpha value is -0.920. The summed E-state index contributed by atoms with van der Waals surface area (Å²) in [6, 6.07) is 1.47. The van der Waals surface area contributed by atoms with Crippen molar-refractivity contribution in [1.82, 2.24) is 14.2 Å². The van der Waals surface area contributed by atoms with Crippen LogP contribution >= 0.6 is 0 Å². The van der Waals surface area contributed by atoms with Gasteiger partial charge in [-0.25, -0.2) is 8.42 Å². The average molecular weight is 231 g/mol. The molecule has 1 saturated heterocycles. The molecule has 0 bridgehead atoms. The van der Waals surface area contributed by atoms with Crippen LogP contribution in [-0.4, -0.2) is 35.8 Å². The molecule has 15 heavy (non-hydrogen) atoms. The molecule has 7 heteroatoms. The van der Waals surface area contributed by atoms with E-state index < -0.39 is 10.0 Å². The highest BCUT2D eigenvalue weighted by Gasteiger charge is 2.29. The van der Waals surface area contributed by atoms with Gasteiger partial charge in [-0.1, -0.05) is 4.47 Å². The summed E-state index contributed by atoms with van der Waals surface area (Å²) in [5, 5.41) is 3.99. The topological polar surface area (TPSA) is 64.4 Å². The number of nitrogens with zero attached hydrogens (tertiary/aromatic N) is 3. The molecule has 1 aliphatic heterocycles. The zero-order chi connectivity index (χ0) is 10.9. The smallest absolute Gasteiger partial charge is 0.282 e. The quantitative estimate of drug-likeness (QED) is 0.726. The molecule has 0 unspecified atom stereocenters. The third kappa shape index (κ3) is 1.90. The van der Waals surface area contributed by atoms with Crippen molar-refractivity contribution >= 4 is 10.0 Å². The minimum Gasteiger partial charge on any atom is -0.284 e. The Labute approximate surface area is 88.4 Å². The summed E-state index contributed by atoms with van der Waals surface area (Å²) >= 11 is 0. The van der Waals surface area contributed by atoms with E-state index in [9.17, 15) is 8.42 Å². The summed E-state index contributed by atoms with van der Waals surface area (Å²) < 4.78 is 26.4. The second-order valence-electron chi connectivity index (χ2n) is 3.36. The summed E-state index contributed by atoms with van der Waals surface area (Å²) in [7, 11) is -1.94. The van der Waals surface area contributed by atoms with Gasteiger partial charge in [0.1, 0.15) is 0 Å². The van der Waals surface area contributed by atoms with Crippen LogP contribution in [-0.2, 0) is 21.9 Å². The van der Waals surface area contributed by atoms with Crippen LogP contribution in [0.2, 0.25) is 0 Å². The molecule has 2 heterocycles. The minimum absolute atomic E-state index is 0.157. The number of hydrogen-bond acceptors (Lipinski definition) is 4. The van der Waals surface area contributed by atoms with Crippen LogP contribution in [0.3, 0.4) is 0 Å². The predicted octanol–water partition coefficient (Wildman–Crippen LogP) is 0.136. The minimum atomic E-state index is -3.54. The molecule has 1 aromatic rings. The fraction of sp³-hybridized carbons (Fsp3) is 0.625. The van der Waals surface area contributed by atoms with Crippen molar-refractivity contribution in [2.75, 3.05) is 13.2 Å². The highest BCUT2D eigenvalue weighted by atomic mass is 32.2. The Morgan fingerprint density at radius 1 is 1.47 bits per heavy atom. The van der Waals surface area contributed by atoms with Crippen molar-refractivity contribution in [2.24, 2.45) is 7.05 Å². The van der Waals surface area contributed by atoms with Gasteiger partial charge < -0.3 is 0 Å². The standard InChI is InChI=1S/C8H13N3O3S/c1-10-8(4-5-9-10)15(12,13)11-6-2-3-7-14-11/h4-5H,2-3,6-7H2,1H3. The Balaban J connectivity index is 2.30. The predicted molar refractivity (Wildman–Crippen MR) is 52.3 cm³/mol. The van der Waals surface area contributed by atoms with Crippen molar-refractivity contribution in [3.63, 3.8) is 0 Å². The summed E-state index contributed by atoms with van der Waals surface area (Å²) in [4.78, 5) is 5.13. The highest BCUT2D eigenvalue weighted by Crippen LogP contribution is 2.18. The molecule has 1 aromatic heterocycles. The van der Waals surface area contributed by atoms with Crippen molar-refractivity contribution in [3.8, 4) is 0 Å². The molecule has 0 atom stereocenters. The van der Waals surface area contributed by atoms with E-state index in [-0.39, 0.29) is 5.03 Å². The molecule has 0 N–H and O–H groups in total. The first-order chi connectivity index (χ1) is 7.12. The normalized spacial score (nSPS) is 19.3. The zero-order valence-corrected chi connectivity index (χ0v) is 9.27. The maximum Gasteiger partial charge on any atom is 0.282 e. The third-order valence-electron chi connectivity index (χ3n) is 2.28. The molecule has 6 nitrogen and oxygen atoms in total. The lowest BCUT2D eigenvalue weighted by molar-refractivity contribution is -0.109. The number of hydroxylamine groups is 1. The van der Waals surface area contributed by atoms with E-state index in [1.807, 2.05) is 0 Å². The highest BCUT2D eigenvalue weighted by molar-refractivity contribution is 7.88. The second-order valence-corrected chi connectivity index (χ2v) is 5.14. The van der Waals surface area contributed by atoms with Crippen LogP contribution < -0.4 is 0 Å². The van der Waals surface area contributed by atoms with Crippen molar-refractivity contribution < 1.29 is 13.3 Å². The number of hydrogen-bond donors (Lipinski definition) is 0. The largest absolute Gasteiger partial charge is 0.284 e. The van der Waals surface area contributed by atoms with Crippen LogP contribution in [0.4, 0.5) is 0 Å². The Kier molecular flexibility index (Phi) is 2.76. The first-order valence-corrected chi connectivity index (χ1v) is 6.20. The summed E-state index contributed by atoms with van der Waals surface area (Å²) in [6.07, 6.45) is 3.19. The van der Waals surface area contributed by atoms with Gasteiger partial charge in [-0.2, -0.15) is 5.10 Å². The van der Waals surface area contributed by atoms with Gasteiger partial charge in [-0.3, -0.25) is 9.52 Å². The molecule has 84 valence electrons. The van der Waals surface area contributed by atoms with Gasteiger partial charge in [-0.05, 0) is 18.9 Å². The Morgan fingerprint density at radius 2 is 2.27 bits per heavy atom. The first kappa shape index (κ1) is 10.6. The Morgan fingerprint density at radius 3 is 2.80 bits per heavy atom. The lowest BCUT2D eigenvalue weighted by Crippen LogP contribution is -2.36. The number of aromatic nitrogens is 2. The Bertz CT molecular complexity index is 434. The summed E-state index contributed by atoms with van der Waals surface area (Å²) in [5.41, 5.74) is 0. The number of rotatable bonds is 2. The van der Waals surface area contributed by atoms with Gasteiger partial charge in [0.25, 0.3) is 10.0 Å². The molecule has 0 amide bonds. The van der Waals surface area contributed by atoms with Gasteiger partial charge in [0.2, 0.25) is 0 Å². The molecule has 0 radical (unpaired) electrons. The fourth-order valence-corrected chi connectivity index (χ4v) is 2.89. The molecule has 1 aliphatic rings. The van der Waals surface area contributed by atoms with E-state index in [0.717, 1.165) is 17.3 Å². The maximum absolute atomic E-state index is 12.0. The average Bonchev–Trinajstić information content (AvgIpc) is 2.66. The van der Waals surface area contributed by atoms with Gasteiger partial charge in [0.05, 0.1) is 12.8 Å². The van der Waals surface area contributed by atoms with E-state index in [1.165, 1.54) is 16.9 Å². The van der Waals surface area contributed by atoms with Gasteiger partial charge in [0.15, 0.2) is 5.03 Å². The number of aryl methyl sites for hydroxylation is 1. The van der Waals surface area contributed by atoms with Gasteiger partial charge in [0, 0.05) is 13.6 Å². The van der Waals surface area contributed by atoms with E-state index >= 15 is 0 Å². The SMILES string of the molecule is Cn1nccc1S(=O)(=O)N1CCCCO1. The molecular formula is C8H13N3O3S. The van der Waals surface area contributed by atoms with Crippen LogP contribution in [0.15, 0.2) is 17.3 Å². The second kappa shape index (κ2) is 3.92. The molecule has 2 rings (SSSR count). The fourth-order valence-electron chi connectivity index (χ4n) is 1.48. The van der Waals surface area contributed by atoms with Crippen molar-refractivity contribution in [2.45, 2.75) is 17.9 Å². The van der Waals surface area contributed by atoms with Crippen LogP contribution in [0.1, 0.15) is 12.8 Å². The van der Waals surface area contributed by atoms with Gasteiger partial charge >= 0.3 is 0 Å². The van der Waals surface area contributed by atoms with Crippen LogP contribution in [0, 0.1) is 0 Å². The molecule has 0 spiro atoms. The molecule has 0 saturated carbocycles. The maximum atomic E-state index is 12.0. The van der Waals surface area contributed by atoms with Gasteiger partial charge in [-0.15, -0.1) is 0 Å². The molecule has 1 fully saturated rings. The van der Waals surface area contributed by atoms with Crippen LogP contribution in [0.25, 0.3) is 0 Å².